The van der Waals surface area contributed by atoms with Crippen molar-refractivity contribution in [3.8, 4) is 23.3 Å². The Kier molecular flexibility index (Phi) is 5.52. The summed E-state index contributed by atoms with van der Waals surface area (Å²) in [5.41, 5.74) is -1.09. The van der Waals surface area contributed by atoms with Crippen molar-refractivity contribution in [2.75, 3.05) is 7.11 Å². The lowest BCUT2D eigenvalue weighted by atomic mass is 10.1. The first kappa shape index (κ1) is 20.3. The summed E-state index contributed by atoms with van der Waals surface area (Å²) >= 11 is 0.753. The first-order valence-corrected chi connectivity index (χ1v) is 8.75. The summed E-state index contributed by atoms with van der Waals surface area (Å²) in [6.45, 7) is 0. The van der Waals surface area contributed by atoms with Crippen molar-refractivity contribution >= 4 is 29.0 Å². The number of carbonyl (C=O) groups excluding carboxylic acids is 2. The summed E-state index contributed by atoms with van der Waals surface area (Å²) in [7, 11) is 1.35. The number of nitriles is 1. The molecular weight excluding hydrogens is 409 g/mol. The van der Waals surface area contributed by atoms with Crippen molar-refractivity contribution in [1.29, 1.82) is 5.26 Å². The number of methoxy groups -OCH3 is 1. The number of hydrogen-bond acceptors (Lipinski definition) is 6. The van der Waals surface area contributed by atoms with Gasteiger partial charge < -0.3 is 9.47 Å². The van der Waals surface area contributed by atoms with E-state index < -0.39 is 28.4 Å². The molecule has 1 saturated heterocycles. The molecule has 1 fully saturated rings. The number of nitrogens with one attached hydrogen (secondary N) is 1. The Labute approximate surface area is 166 Å². The van der Waals surface area contributed by atoms with Crippen LogP contribution in [0.3, 0.4) is 0 Å². The molecule has 0 unspecified atom stereocenters. The molecule has 10 heteroatoms. The van der Waals surface area contributed by atoms with E-state index in [0.717, 1.165) is 23.9 Å². The first-order valence-electron chi connectivity index (χ1n) is 7.93. The van der Waals surface area contributed by atoms with E-state index in [1.165, 1.54) is 37.5 Å². The van der Waals surface area contributed by atoms with Crippen LogP contribution < -0.4 is 14.8 Å². The van der Waals surface area contributed by atoms with Crippen LogP contribution in [-0.2, 0) is 11.0 Å². The van der Waals surface area contributed by atoms with Gasteiger partial charge in [-0.05, 0) is 53.7 Å². The fraction of sp³-hybridized carbons (Fsp3) is 0.105. The van der Waals surface area contributed by atoms with E-state index in [0.29, 0.717) is 5.56 Å². The average Bonchev–Trinajstić information content (AvgIpc) is 2.99. The number of carbonyl (C=O) groups is 2. The normalized spacial score (nSPS) is 15.2. The van der Waals surface area contributed by atoms with Crippen molar-refractivity contribution in [2.45, 2.75) is 6.18 Å². The summed E-state index contributed by atoms with van der Waals surface area (Å²) in [5.74, 6) is -0.312. The van der Waals surface area contributed by atoms with Crippen LogP contribution in [-0.4, -0.2) is 18.3 Å². The van der Waals surface area contributed by atoms with Gasteiger partial charge in [0.15, 0.2) is 11.5 Å². The van der Waals surface area contributed by atoms with Gasteiger partial charge in [-0.1, -0.05) is 6.07 Å². The number of rotatable bonds is 4. The van der Waals surface area contributed by atoms with Gasteiger partial charge >= 0.3 is 6.18 Å². The molecule has 2 amide bonds. The van der Waals surface area contributed by atoms with Crippen molar-refractivity contribution in [1.82, 2.24) is 5.32 Å². The van der Waals surface area contributed by atoms with Gasteiger partial charge in [0, 0.05) is 0 Å². The maximum absolute atomic E-state index is 13.1. The Morgan fingerprint density at radius 3 is 2.48 bits per heavy atom. The number of imide groups is 1. The highest BCUT2D eigenvalue weighted by atomic mass is 32.2. The lowest BCUT2D eigenvalue weighted by Crippen LogP contribution is -2.17. The summed E-state index contributed by atoms with van der Waals surface area (Å²) in [5, 5.41) is 10.5. The van der Waals surface area contributed by atoms with Crippen LogP contribution in [0.2, 0.25) is 0 Å². The average molecular weight is 420 g/mol. The van der Waals surface area contributed by atoms with Crippen LogP contribution in [0.25, 0.3) is 6.08 Å². The third-order valence-corrected chi connectivity index (χ3v) is 4.58. The Bertz CT molecular complexity index is 1070. The smallest absolute Gasteiger partial charge is 0.417 e. The molecule has 0 aromatic heterocycles. The predicted octanol–water partition coefficient (Wildman–Crippen LogP) is 4.70. The zero-order valence-electron chi connectivity index (χ0n) is 14.7. The van der Waals surface area contributed by atoms with E-state index in [2.05, 4.69) is 5.32 Å². The number of benzene rings is 2. The van der Waals surface area contributed by atoms with Crippen LogP contribution in [0.15, 0.2) is 41.3 Å². The topological polar surface area (TPSA) is 88.4 Å². The monoisotopic (exact) mass is 420 g/mol. The Morgan fingerprint density at radius 2 is 1.90 bits per heavy atom. The van der Waals surface area contributed by atoms with Crippen LogP contribution in [0.4, 0.5) is 18.0 Å². The predicted molar refractivity (Wildman–Crippen MR) is 98.3 cm³/mol. The van der Waals surface area contributed by atoms with E-state index in [1.807, 2.05) is 0 Å². The maximum Gasteiger partial charge on any atom is 0.417 e. The molecule has 1 aliphatic heterocycles. The van der Waals surface area contributed by atoms with Crippen molar-refractivity contribution < 1.29 is 32.2 Å². The standard InChI is InChI=1S/C19H11F3N2O4S/c1-27-15-6-10(7-16-17(25)24-18(26)29-16)2-5-14(15)28-12-4-3-11(9-23)13(8-12)19(20,21)22/h2-8H,1H3,(H,24,25,26)/b16-7+. The number of thioether (sulfide) groups is 1. The lowest BCUT2D eigenvalue weighted by molar-refractivity contribution is -0.137. The Morgan fingerprint density at radius 1 is 1.14 bits per heavy atom. The van der Waals surface area contributed by atoms with E-state index in [9.17, 15) is 22.8 Å². The minimum absolute atomic E-state index is 0.128. The molecule has 1 aliphatic rings. The second-order valence-corrected chi connectivity index (χ2v) is 6.70. The first-order chi connectivity index (χ1) is 13.7. The van der Waals surface area contributed by atoms with Gasteiger partial charge in [0.1, 0.15) is 5.75 Å². The van der Waals surface area contributed by atoms with Crippen LogP contribution in [0, 0.1) is 11.3 Å². The molecule has 1 N–H and O–H groups in total. The fourth-order valence-electron chi connectivity index (χ4n) is 2.48. The number of nitrogens with zero attached hydrogens (tertiary/aromatic N) is 1. The Balaban J connectivity index is 1.91. The van der Waals surface area contributed by atoms with Gasteiger partial charge in [0.2, 0.25) is 0 Å². The molecule has 0 bridgehead atoms. The number of hydrogen-bond donors (Lipinski definition) is 1. The minimum atomic E-state index is -4.71. The summed E-state index contributed by atoms with van der Waals surface area (Å²) in [6.07, 6.45) is -3.23. The van der Waals surface area contributed by atoms with Crippen molar-refractivity contribution in [3.05, 3.63) is 58.0 Å². The molecule has 3 rings (SSSR count). The van der Waals surface area contributed by atoms with E-state index >= 15 is 0 Å². The SMILES string of the molecule is COc1cc(/C=C2/SC(=O)NC2=O)ccc1Oc1ccc(C#N)c(C(F)(F)F)c1. The molecule has 0 spiro atoms. The summed E-state index contributed by atoms with van der Waals surface area (Å²) in [4.78, 5) is 23.1. The van der Waals surface area contributed by atoms with Crippen LogP contribution >= 0.6 is 11.8 Å². The minimum Gasteiger partial charge on any atom is -0.493 e. The van der Waals surface area contributed by atoms with Gasteiger partial charge in [-0.15, -0.1) is 0 Å². The largest absolute Gasteiger partial charge is 0.493 e. The third-order valence-electron chi connectivity index (χ3n) is 3.77. The molecule has 1 heterocycles. The summed E-state index contributed by atoms with van der Waals surface area (Å²) in [6, 6.07) is 9.02. The van der Waals surface area contributed by atoms with Gasteiger partial charge in [0.25, 0.3) is 11.1 Å². The highest BCUT2D eigenvalue weighted by molar-refractivity contribution is 8.18. The second kappa shape index (κ2) is 7.89. The van der Waals surface area contributed by atoms with Crippen LogP contribution in [0.5, 0.6) is 17.2 Å². The molecule has 0 saturated carbocycles. The maximum atomic E-state index is 13.1. The number of ether oxygens (including phenoxy) is 2. The molecule has 6 nitrogen and oxygen atoms in total. The fourth-order valence-corrected chi connectivity index (χ4v) is 3.16. The molecule has 0 atom stereocenters. The van der Waals surface area contributed by atoms with Crippen molar-refractivity contribution in [2.24, 2.45) is 0 Å². The molecule has 2 aromatic carbocycles. The third kappa shape index (κ3) is 4.52. The zero-order valence-corrected chi connectivity index (χ0v) is 15.5. The van der Waals surface area contributed by atoms with Crippen molar-refractivity contribution in [3.63, 3.8) is 0 Å². The number of amides is 2. The molecular formula is C19H11F3N2O4S. The van der Waals surface area contributed by atoms with E-state index in [4.69, 9.17) is 14.7 Å². The summed E-state index contributed by atoms with van der Waals surface area (Å²) < 4.78 is 50.0. The molecule has 148 valence electrons. The second-order valence-electron chi connectivity index (χ2n) is 5.68. The highest BCUT2D eigenvalue weighted by Crippen LogP contribution is 2.38. The van der Waals surface area contributed by atoms with Crippen LogP contribution in [0.1, 0.15) is 16.7 Å². The van der Waals surface area contributed by atoms with E-state index in [1.54, 1.807) is 6.07 Å². The Hall–Kier alpha value is -3.45. The molecule has 0 radical (unpaired) electrons. The van der Waals surface area contributed by atoms with E-state index in [-0.39, 0.29) is 22.2 Å². The number of halogens is 3. The van der Waals surface area contributed by atoms with Gasteiger partial charge in [-0.2, -0.15) is 18.4 Å². The number of alkyl halides is 3. The quantitative estimate of drug-likeness (QED) is 0.722. The van der Waals surface area contributed by atoms with Gasteiger partial charge in [0.05, 0.1) is 29.2 Å². The molecule has 29 heavy (non-hydrogen) atoms. The zero-order chi connectivity index (χ0) is 21.2. The molecule has 2 aromatic rings. The highest BCUT2D eigenvalue weighted by Gasteiger charge is 2.34. The van der Waals surface area contributed by atoms with Gasteiger partial charge in [-0.3, -0.25) is 14.9 Å². The molecule has 0 aliphatic carbocycles. The lowest BCUT2D eigenvalue weighted by Gasteiger charge is -2.14. The van der Waals surface area contributed by atoms with Gasteiger partial charge in [-0.25, -0.2) is 0 Å².